The summed E-state index contributed by atoms with van der Waals surface area (Å²) in [7, 11) is 0. The lowest BCUT2D eigenvalue weighted by molar-refractivity contribution is -0.161. The van der Waals surface area contributed by atoms with Gasteiger partial charge in [0.15, 0.2) is 0 Å². The molecule has 0 saturated carbocycles. The van der Waals surface area contributed by atoms with E-state index < -0.39 is 11.9 Å². The van der Waals surface area contributed by atoms with E-state index in [9.17, 15) is 9.59 Å². The van der Waals surface area contributed by atoms with Crippen LogP contribution in [0.3, 0.4) is 0 Å². The number of amides is 1. The normalized spacial score (nSPS) is 15.2. The molecule has 28 heavy (non-hydrogen) atoms. The lowest BCUT2D eigenvalue weighted by Crippen LogP contribution is -2.36. The van der Waals surface area contributed by atoms with Gasteiger partial charge in [-0.1, -0.05) is 56.3 Å². The number of carbonyl (C=O) groups excluding carboxylic acids is 2. The number of morpholine rings is 1. The van der Waals surface area contributed by atoms with E-state index >= 15 is 0 Å². The van der Waals surface area contributed by atoms with Crippen LogP contribution in [0.15, 0.2) is 54.6 Å². The van der Waals surface area contributed by atoms with E-state index in [1.165, 1.54) is 0 Å². The number of nitrogens with one attached hydrogen (secondary N) is 1. The van der Waals surface area contributed by atoms with E-state index in [1.54, 1.807) is 13.8 Å². The lowest BCUT2D eigenvalue weighted by Gasteiger charge is -2.29. The third-order valence-electron chi connectivity index (χ3n) is 4.72. The van der Waals surface area contributed by atoms with Crippen molar-refractivity contribution < 1.29 is 19.2 Å². The second-order valence-corrected chi connectivity index (χ2v) is 7.08. The van der Waals surface area contributed by atoms with Crippen molar-refractivity contribution in [3.8, 4) is 0 Å². The molecule has 1 heterocycles. The average Bonchev–Trinajstić information content (AvgIpc) is 2.74. The van der Waals surface area contributed by atoms with Crippen LogP contribution in [0.1, 0.15) is 30.9 Å². The molecule has 1 aliphatic rings. The van der Waals surface area contributed by atoms with Gasteiger partial charge in [0.25, 0.3) is 5.91 Å². The highest BCUT2D eigenvalue weighted by Gasteiger charge is 2.24. The van der Waals surface area contributed by atoms with Crippen LogP contribution in [0.5, 0.6) is 0 Å². The molecule has 0 bridgehead atoms. The van der Waals surface area contributed by atoms with E-state index in [0.29, 0.717) is 0 Å². The second-order valence-electron chi connectivity index (χ2n) is 7.08. The highest BCUT2D eigenvalue weighted by atomic mass is 16.7. The standard InChI is InChI=1S/C22H26N2O4/c1-16(2)22(26)28-23-21(25)20(17-6-4-3-5-7-17)18-8-10-19(11-9-18)24-12-14-27-15-13-24/h3-11,16,20H,12-15H2,1-2H3,(H,23,25). The molecule has 148 valence electrons. The van der Waals surface area contributed by atoms with E-state index in [2.05, 4.69) is 10.4 Å². The fourth-order valence-electron chi connectivity index (χ4n) is 3.12. The first-order valence-corrected chi connectivity index (χ1v) is 9.54. The molecule has 0 aromatic heterocycles. The van der Waals surface area contributed by atoms with Crippen molar-refractivity contribution in [2.45, 2.75) is 19.8 Å². The molecule has 6 heteroatoms. The molecule has 1 unspecified atom stereocenters. The van der Waals surface area contributed by atoms with Crippen LogP contribution >= 0.6 is 0 Å². The predicted molar refractivity (Wildman–Crippen MR) is 107 cm³/mol. The molecule has 1 saturated heterocycles. The van der Waals surface area contributed by atoms with Gasteiger partial charge in [-0.25, -0.2) is 4.79 Å². The Kier molecular flexibility index (Phi) is 6.66. The van der Waals surface area contributed by atoms with Crippen molar-refractivity contribution in [1.29, 1.82) is 0 Å². The number of benzene rings is 2. The van der Waals surface area contributed by atoms with E-state index in [1.807, 2.05) is 54.6 Å². The van der Waals surface area contributed by atoms with Crippen molar-refractivity contribution >= 4 is 17.6 Å². The van der Waals surface area contributed by atoms with E-state index in [0.717, 1.165) is 43.1 Å². The summed E-state index contributed by atoms with van der Waals surface area (Å²) in [6.07, 6.45) is 0. The number of anilines is 1. The molecule has 0 spiro atoms. The van der Waals surface area contributed by atoms with Gasteiger partial charge in [-0.3, -0.25) is 4.79 Å². The smallest absolute Gasteiger partial charge is 0.334 e. The van der Waals surface area contributed by atoms with Gasteiger partial charge in [0, 0.05) is 18.8 Å². The molecule has 0 radical (unpaired) electrons. The predicted octanol–water partition coefficient (Wildman–Crippen LogP) is 2.89. The van der Waals surface area contributed by atoms with Crippen LogP contribution in [0.2, 0.25) is 0 Å². The van der Waals surface area contributed by atoms with Gasteiger partial charge in [-0.15, -0.1) is 0 Å². The molecule has 1 fully saturated rings. The number of ether oxygens (including phenoxy) is 1. The monoisotopic (exact) mass is 382 g/mol. The molecule has 1 N–H and O–H groups in total. The molecule has 1 amide bonds. The van der Waals surface area contributed by atoms with Gasteiger partial charge in [0.05, 0.1) is 25.0 Å². The lowest BCUT2D eigenvalue weighted by atomic mass is 9.90. The van der Waals surface area contributed by atoms with E-state index in [-0.39, 0.29) is 11.8 Å². The molecule has 1 aliphatic heterocycles. The topological polar surface area (TPSA) is 67.9 Å². The summed E-state index contributed by atoms with van der Waals surface area (Å²) in [5.74, 6) is -1.73. The first-order chi connectivity index (χ1) is 13.6. The minimum Gasteiger partial charge on any atom is -0.378 e. The first kappa shape index (κ1) is 19.9. The summed E-state index contributed by atoms with van der Waals surface area (Å²) >= 11 is 0. The van der Waals surface area contributed by atoms with E-state index in [4.69, 9.17) is 9.57 Å². The zero-order valence-corrected chi connectivity index (χ0v) is 16.3. The number of nitrogens with zero attached hydrogens (tertiary/aromatic N) is 1. The van der Waals surface area contributed by atoms with Gasteiger partial charge in [-0.2, -0.15) is 5.48 Å². The summed E-state index contributed by atoms with van der Waals surface area (Å²) in [4.78, 5) is 31.8. The van der Waals surface area contributed by atoms with Crippen molar-refractivity contribution in [1.82, 2.24) is 5.48 Å². The van der Waals surface area contributed by atoms with Gasteiger partial charge in [-0.05, 0) is 23.3 Å². The van der Waals surface area contributed by atoms with Crippen LogP contribution in [-0.2, 0) is 19.2 Å². The van der Waals surface area contributed by atoms with Crippen molar-refractivity contribution in [2.75, 3.05) is 31.2 Å². The Hall–Kier alpha value is -2.86. The molecular weight excluding hydrogens is 356 g/mol. The van der Waals surface area contributed by atoms with Crippen molar-refractivity contribution in [3.63, 3.8) is 0 Å². The summed E-state index contributed by atoms with van der Waals surface area (Å²) in [5, 5.41) is 0. The van der Waals surface area contributed by atoms with Crippen LogP contribution in [0, 0.1) is 5.92 Å². The zero-order valence-electron chi connectivity index (χ0n) is 16.3. The summed E-state index contributed by atoms with van der Waals surface area (Å²) in [6, 6.07) is 17.4. The number of carbonyl (C=O) groups is 2. The van der Waals surface area contributed by atoms with Crippen LogP contribution < -0.4 is 10.4 Å². The maximum atomic E-state index is 12.8. The number of hydroxylamine groups is 1. The van der Waals surface area contributed by atoms with Crippen LogP contribution in [0.25, 0.3) is 0 Å². The largest absolute Gasteiger partial charge is 0.378 e. The highest BCUT2D eigenvalue weighted by Crippen LogP contribution is 2.27. The molecule has 0 aliphatic carbocycles. The minimum absolute atomic E-state index is 0.316. The minimum atomic E-state index is -0.570. The number of rotatable bonds is 5. The zero-order chi connectivity index (χ0) is 19.9. The number of hydrogen-bond donors (Lipinski definition) is 1. The maximum absolute atomic E-state index is 12.8. The van der Waals surface area contributed by atoms with Crippen molar-refractivity contribution in [3.05, 3.63) is 65.7 Å². The Morgan fingerprint density at radius 3 is 2.18 bits per heavy atom. The van der Waals surface area contributed by atoms with Crippen LogP contribution in [0.4, 0.5) is 5.69 Å². The molecule has 3 rings (SSSR count). The van der Waals surface area contributed by atoms with Gasteiger partial charge in [0.2, 0.25) is 0 Å². The fraction of sp³-hybridized carbons (Fsp3) is 0.364. The highest BCUT2D eigenvalue weighted by molar-refractivity contribution is 5.87. The molecule has 2 aromatic carbocycles. The third kappa shape index (κ3) is 4.89. The number of hydrogen-bond acceptors (Lipinski definition) is 5. The summed E-state index contributed by atoms with van der Waals surface area (Å²) in [5.41, 5.74) is 5.09. The maximum Gasteiger partial charge on any atom is 0.334 e. The molecule has 2 aromatic rings. The van der Waals surface area contributed by atoms with Gasteiger partial charge in [0.1, 0.15) is 0 Å². The summed E-state index contributed by atoms with van der Waals surface area (Å²) < 4.78 is 5.40. The Balaban J connectivity index is 1.80. The quantitative estimate of drug-likeness (QED) is 0.806. The van der Waals surface area contributed by atoms with Crippen LogP contribution in [-0.4, -0.2) is 38.2 Å². The third-order valence-corrected chi connectivity index (χ3v) is 4.72. The summed E-state index contributed by atoms with van der Waals surface area (Å²) in [6.45, 7) is 6.58. The van der Waals surface area contributed by atoms with Crippen molar-refractivity contribution in [2.24, 2.45) is 5.92 Å². The second kappa shape index (κ2) is 9.37. The fourth-order valence-corrected chi connectivity index (χ4v) is 3.12. The Morgan fingerprint density at radius 1 is 0.964 bits per heavy atom. The Morgan fingerprint density at radius 2 is 1.57 bits per heavy atom. The SMILES string of the molecule is CC(C)C(=O)ONC(=O)C(c1ccccc1)c1ccc(N2CCOCC2)cc1. The molecule has 1 atom stereocenters. The Bertz CT molecular complexity index is 784. The molecule has 6 nitrogen and oxygen atoms in total. The van der Waals surface area contributed by atoms with Gasteiger partial charge < -0.3 is 14.5 Å². The first-order valence-electron chi connectivity index (χ1n) is 9.54. The molecular formula is C22H26N2O4. The average molecular weight is 382 g/mol. The Labute approximate surface area is 165 Å². The van der Waals surface area contributed by atoms with Gasteiger partial charge >= 0.3 is 5.97 Å².